The topological polar surface area (TPSA) is 84.5 Å². The van der Waals surface area contributed by atoms with Crippen molar-refractivity contribution < 1.29 is 27.9 Å². The summed E-state index contributed by atoms with van der Waals surface area (Å²) in [6.07, 6.45) is 3.52. The lowest BCUT2D eigenvalue weighted by atomic mass is 9.47. The average molecular weight is 420 g/mol. The van der Waals surface area contributed by atoms with Gasteiger partial charge in [0.1, 0.15) is 11.6 Å². The van der Waals surface area contributed by atoms with Gasteiger partial charge in [0, 0.05) is 18.5 Å². The fraction of sp³-hybridized carbons (Fsp3) is 0.591. The Hall–Kier alpha value is -2.51. The lowest BCUT2D eigenvalue weighted by molar-refractivity contribution is -0.181. The van der Waals surface area contributed by atoms with E-state index in [-0.39, 0.29) is 17.1 Å². The second-order valence-electron chi connectivity index (χ2n) is 9.36. The van der Waals surface area contributed by atoms with Gasteiger partial charge in [0.05, 0.1) is 11.1 Å². The second kappa shape index (κ2) is 7.32. The number of anilines is 1. The molecule has 0 radical (unpaired) electrons. The molecule has 2 N–H and O–H groups in total. The Balaban J connectivity index is 1.46. The summed E-state index contributed by atoms with van der Waals surface area (Å²) in [5.74, 6) is -2.06. The minimum absolute atomic E-state index is 0.106. The molecule has 1 aromatic rings. The zero-order valence-electron chi connectivity index (χ0n) is 17.1. The summed E-state index contributed by atoms with van der Waals surface area (Å²) in [5.41, 5.74) is -1.40. The smallest absolute Gasteiger partial charge is 0.312 e. The number of hydrogen-bond acceptors (Lipinski definition) is 4. The summed E-state index contributed by atoms with van der Waals surface area (Å²) >= 11 is 0. The third-order valence-corrected chi connectivity index (χ3v) is 6.77. The maximum Gasteiger partial charge on any atom is 0.312 e. The van der Waals surface area contributed by atoms with Gasteiger partial charge in [0.15, 0.2) is 6.10 Å². The van der Waals surface area contributed by atoms with E-state index in [2.05, 4.69) is 10.6 Å². The zero-order valence-corrected chi connectivity index (χ0v) is 17.1. The van der Waals surface area contributed by atoms with Crippen molar-refractivity contribution in [3.63, 3.8) is 0 Å². The maximum atomic E-state index is 13.8. The highest BCUT2D eigenvalue weighted by Gasteiger charge is 2.61. The summed E-state index contributed by atoms with van der Waals surface area (Å²) in [7, 11) is 0. The molecule has 2 unspecified atom stereocenters. The molecule has 1 aromatic carbocycles. The molecule has 6 nitrogen and oxygen atoms in total. The van der Waals surface area contributed by atoms with E-state index in [1.807, 2.05) is 0 Å². The molecular formula is C22H26F2N2O4. The van der Waals surface area contributed by atoms with E-state index >= 15 is 0 Å². The van der Waals surface area contributed by atoms with Crippen molar-refractivity contribution in [1.29, 1.82) is 0 Å². The molecule has 4 fully saturated rings. The van der Waals surface area contributed by atoms with E-state index in [1.54, 1.807) is 0 Å². The number of amides is 2. The molecule has 4 bridgehead atoms. The molecule has 4 aliphatic rings. The number of halogens is 2. The first-order chi connectivity index (χ1) is 14.1. The van der Waals surface area contributed by atoms with Crippen molar-refractivity contribution in [2.24, 2.45) is 17.3 Å². The van der Waals surface area contributed by atoms with E-state index < -0.39 is 35.0 Å². The predicted octanol–water partition coefficient (Wildman–Crippen LogP) is 3.31. The summed E-state index contributed by atoms with van der Waals surface area (Å²) in [6, 6.07) is 2.74. The number of esters is 1. The van der Waals surface area contributed by atoms with E-state index in [9.17, 15) is 23.2 Å². The summed E-state index contributed by atoms with van der Waals surface area (Å²) in [5, 5.41) is 5.36. The third-order valence-electron chi connectivity index (χ3n) is 6.77. The van der Waals surface area contributed by atoms with Crippen molar-refractivity contribution in [1.82, 2.24) is 5.32 Å². The van der Waals surface area contributed by atoms with Crippen LogP contribution in [-0.4, -0.2) is 29.4 Å². The molecule has 4 aliphatic carbocycles. The van der Waals surface area contributed by atoms with Crippen molar-refractivity contribution >= 4 is 23.5 Å². The van der Waals surface area contributed by atoms with Gasteiger partial charge in [0.25, 0.3) is 5.91 Å². The Bertz CT molecular complexity index is 889. The first-order valence-corrected chi connectivity index (χ1v) is 10.4. The fourth-order valence-corrected chi connectivity index (χ4v) is 6.19. The zero-order chi connectivity index (χ0) is 21.7. The average Bonchev–Trinajstić information content (AvgIpc) is 2.62. The van der Waals surface area contributed by atoms with Gasteiger partial charge in [-0.2, -0.15) is 0 Å². The number of benzene rings is 1. The van der Waals surface area contributed by atoms with E-state index in [1.165, 1.54) is 13.8 Å². The summed E-state index contributed by atoms with van der Waals surface area (Å²) in [6.45, 7) is 2.90. The Morgan fingerprint density at radius 3 is 2.43 bits per heavy atom. The first kappa shape index (κ1) is 20.8. The Labute approximate surface area is 173 Å². The number of ether oxygens (including phenoxy) is 1. The molecule has 8 heteroatoms. The summed E-state index contributed by atoms with van der Waals surface area (Å²) in [4.78, 5) is 37.3. The van der Waals surface area contributed by atoms with Crippen molar-refractivity contribution in [2.75, 3.05) is 5.32 Å². The molecule has 0 spiro atoms. The highest BCUT2D eigenvalue weighted by Crippen LogP contribution is 2.62. The van der Waals surface area contributed by atoms with Crippen LogP contribution in [0.2, 0.25) is 0 Å². The van der Waals surface area contributed by atoms with Crippen LogP contribution in [0.25, 0.3) is 0 Å². The van der Waals surface area contributed by atoms with Gasteiger partial charge in [-0.3, -0.25) is 14.4 Å². The third kappa shape index (κ3) is 3.79. The Morgan fingerprint density at radius 2 is 1.80 bits per heavy atom. The van der Waals surface area contributed by atoms with Gasteiger partial charge in [-0.05, 0) is 69.4 Å². The van der Waals surface area contributed by atoms with Crippen molar-refractivity contribution in [2.45, 2.75) is 64.0 Å². The molecule has 5 rings (SSSR count). The number of rotatable bonds is 5. The van der Waals surface area contributed by atoms with Crippen LogP contribution in [0.15, 0.2) is 18.2 Å². The minimum Gasteiger partial charge on any atom is -0.452 e. The minimum atomic E-state index is -1.16. The van der Waals surface area contributed by atoms with E-state index in [0.29, 0.717) is 31.1 Å². The van der Waals surface area contributed by atoms with Crippen LogP contribution in [-0.2, 0) is 19.1 Å². The van der Waals surface area contributed by atoms with Gasteiger partial charge in [0.2, 0.25) is 5.91 Å². The highest BCUT2D eigenvalue weighted by molar-refractivity contribution is 5.95. The van der Waals surface area contributed by atoms with Gasteiger partial charge < -0.3 is 15.4 Å². The second-order valence-corrected chi connectivity index (χ2v) is 9.36. The Kier molecular flexibility index (Phi) is 5.06. The van der Waals surface area contributed by atoms with Crippen LogP contribution in [0, 0.1) is 28.9 Å². The lowest BCUT2D eigenvalue weighted by Gasteiger charge is -2.60. The number of carbonyl (C=O) groups is 3. The van der Waals surface area contributed by atoms with Crippen LogP contribution in [0.5, 0.6) is 0 Å². The molecule has 0 aromatic heterocycles. The predicted molar refractivity (Wildman–Crippen MR) is 104 cm³/mol. The number of hydrogen-bond donors (Lipinski definition) is 2. The van der Waals surface area contributed by atoms with Crippen LogP contribution < -0.4 is 10.6 Å². The van der Waals surface area contributed by atoms with Gasteiger partial charge in [-0.15, -0.1) is 0 Å². The molecule has 0 heterocycles. The first-order valence-electron chi connectivity index (χ1n) is 10.4. The molecule has 30 heavy (non-hydrogen) atoms. The molecule has 4 saturated carbocycles. The number of carbonyl (C=O) groups excluding carboxylic acids is 3. The molecule has 2 amide bonds. The quantitative estimate of drug-likeness (QED) is 0.716. The molecule has 0 aliphatic heterocycles. The molecule has 0 saturated heterocycles. The van der Waals surface area contributed by atoms with Crippen LogP contribution in [0.3, 0.4) is 0 Å². The van der Waals surface area contributed by atoms with Crippen molar-refractivity contribution in [3.8, 4) is 0 Å². The van der Waals surface area contributed by atoms with E-state index in [4.69, 9.17) is 4.74 Å². The highest BCUT2D eigenvalue weighted by atomic mass is 19.1. The van der Waals surface area contributed by atoms with Gasteiger partial charge >= 0.3 is 5.97 Å². The van der Waals surface area contributed by atoms with Gasteiger partial charge in [-0.1, -0.05) is 0 Å². The normalized spacial score (nSPS) is 32.4. The van der Waals surface area contributed by atoms with Crippen LogP contribution >= 0.6 is 0 Å². The standard InChI is InChI=1S/C22H26F2N2O4/c1-12(19(28)25-18-6-16(23)3-4-17(18)24)30-20(29)21-7-14-5-15(8-21)10-22(9-14,11-21)26-13(2)27/h3-4,6,12,14-15H,5,7-11H2,1-2H3,(H,25,28)(H,26,27)/t12-,14-,15+,21?,22?/m1/s1. The van der Waals surface area contributed by atoms with Crippen LogP contribution in [0.1, 0.15) is 52.4 Å². The molecular weight excluding hydrogens is 394 g/mol. The fourth-order valence-electron chi connectivity index (χ4n) is 6.19. The molecule has 5 atom stereocenters. The van der Waals surface area contributed by atoms with Crippen LogP contribution in [0.4, 0.5) is 14.5 Å². The molecule has 162 valence electrons. The maximum absolute atomic E-state index is 13.8. The number of nitrogens with one attached hydrogen (secondary N) is 2. The van der Waals surface area contributed by atoms with E-state index in [0.717, 1.165) is 37.5 Å². The summed E-state index contributed by atoms with van der Waals surface area (Å²) < 4.78 is 32.6. The Morgan fingerprint density at radius 1 is 1.13 bits per heavy atom. The van der Waals surface area contributed by atoms with Gasteiger partial charge in [-0.25, -0.2) is 8.78 Å². The largest absolute Gasteiger partial charge is 0.452 e. The monoisotopic (exact) mass is 420 g/mol. The SMILES string of the molecule is CC(=O)NC12C[C@H]3C[C@@H](C1)CC(C(=O)O[C@H](C)C(=O)Nc1cc(F)ccc1F)(C3)C2. The van der Waals surface area contributed by atoms with Crippen molar-refractivity contribution in [3.05, 3.63) is 29.8 Å². The lowest BCUT2D eigenvalue weighted by Crippen LogP contribution is -2.65.